The van der Waals surface area contributed by atoms with E-state index in [1.807, 2.05) is 11.8 Å². The zero-order valence-electron chi connectivity index (χ0n) is 10.0. The van der Waals surface area contributed by atoms with Crippen molar-refractivity contribution in [2.75, 3.05) is 6.26 Å². The number of H-pyrrole nitrogens is 1. The molecule has 1 aromatic rings. The van der Waals surface area contributed by atoms with Crippen molar-refractivity contribution >= 4 is 24.0 Å². The van der Waals surface area contributed by atoms with Gasteiger partial charge < -0.3 is 9.55 Å². The maximum atomic E-state index is 5.38. The number of aromatic amines is 1. The maximum absolute atomic E-state index is 5.38. The second kappa shape index (κ2) is 5.41. The summed E-state index contributed by atoms with van der Waals surface area (Å²) in [6, 6.07) is 0.636. The van der Waals surface area contributed by atoms with Gasteiger partial charge in [-0.2, -0.15) is 11.8 Å². The molecular formula is C12H20N2S2. The van der Waals surface area contributed by atoms with Crippen LogP contribution in [0.1, 0.15) is 44.3 Å². The molecule has 0 unspecified atom stereocenters. The Labute approximate surface area is 107 Å². The topological polar surface area (TPSA) is 20.7 Å². The van der Waals surface area contributed by atoms with E-state index in [1.54, 1.807) is 0 Å². The first-order chi connectivity index (χ1) is 7.76. The second-order valence-corrected chi connectivity index (χ2v) is 6.00. The minimum atomic E-state index is 0.636. The molecule has 1 aliphatic rings. The molecule has 0 aliphatic heterocycles. The fourth-order valence-corrected chi connectivity index (χ4v) is 3.70. The van der Waals surface area contributed by atoms with Crippen molar-refractivity contribution in [3.05, 3.63) is 16.7 Å². The third-order valence-electron chi connectivity index (χ3n) is 3.59. The molecule has 1 heterocycles. The number of aromatic nitrogens is 2. The number of hydrogen-bond acceptors (Lipinski definition) is 2. The molecule has 0 aromatic carbocycles. The zero-order chi connectivity index (χ0) is 11.5. The minimum absolute atomic E-state index is 0.636. The summed E-state index contributed by atoms with van der Waals surface area (Å²) in [7, 11) is 0. The van der Waals surface area contributed by atoms with Crippen LogP contribution >= 0.6 is 24.0 Å². The third kappa shape index (κ3) is 2.38. The second-order valence-electron chi connectivity index (χ2n) is 4.47. The van der Waals surface area contributed by atoms with Crippen molar-refractivity contribution in [3.8, 4) is 0 Å². The summed E-state index contributed by atoms with van der Waals surface area (Å²) in [5.74, 6) is 0. The van der Waals surface area contributed by atoms with Gasteiger partial charge in [-0.3, -0.25) is 0 Å². The molecule has 1 aliphatic carbocycles. The normalized spacial score (nSPS) is 25.9. The first kappa shape index (κ1) is 12.2. The Morgan fingerprint density at radius 3 is 2.69 bits per heavy atom. The molecule has 0 spiro atoms. The van der Waals surface area contributed by atoms with Crippen LogP contribution in [0.5, 0.6) is 0 Å². The van der Waals surface area contributed by atoms with E-state index in [0.29, 0.717) is 6.04 Å². The van der Waals surface area contributed by atoms with Crippen molar-refractivity contribution in [2.24, 2.45) is 0 Å². The van der Waals surface area contributed by atoms with E-state index in [0.717, 1.165) is 16.4 Å². The molecule has 16 heavy (non-hydrogen) atoms. The van der Waals surface area contributed by atoms with E-state index in [9.17, 15) is 0 Å². The van der Waals surface area contributed by atoms with Crippen LogP contribution in [0.15, 0.2) is 6.20 Å². The van der Waals surface area contributed by atoms with Gasteiger partial charge >= 0.3 is 0 Å². The molecule has 0 saturated heterocycles. The summed E-state index contributed by atoms with van der Waals surface area (Å²) in [5, 5.41) is 0.870. The SMILES string of the molecule is CCc1c[nH]c(=S)n1C1CCC(SC)CC1. The quantitative estimate of drug-likeness (QED) is 0.826. The van der Waals surface area contributed by atoms with Crippen molar-refractivity contribution < 1.29 is 0 Å². The molecule has 2 nitrogen and oxygen atoms in total. The lowest BCUT2D eigenvalue weighted by Gasteiger charge is -2.29. The van der Waals surface area contributed by atoms with Gasteiger partial charge in [-0.15, -0.1) is 0 Å². The summed E-state index contributed by atoms with van der Waals surface area (Å²) in [4.78, 5) is 3.18. The molecule has 0 amide bonds. The fraction of sp³-hybridized carbons (Fsp3) is 0.750. The monoisotopic (exact) mass is 256 g/mol. The minimum Gasteiger partial charge on any atom is -0.337 e. The highest BCUT2D eigenvalue weighted by molar-refractivity contribution is 7.99. The van der Waals surface area contributed by atoms with E-state index in [-0.39, 0.29) is 0 Å². The van der Waals surface area contributed by atoms with Crippen LogP contribution in [-0.4, -0.2) is 21.1 Å². The average molecular weight is 256 g/mol. The van der Waals surface area contributed by atoms with Gasteiger partial charge in [0.15, 0.2) is 4.77 Å². The summed E-state index contributed by atoms with van der Waals surface area (Å²) >= 11 is 7.40. The van der Waals surface area contributed by atoms with Crippen LogP contribution < -0.4 is 0 Å². The lowest BCUT2D eigenvalue weighted by atomic mass is 9.94. The van der Waals surface area contributed by atoms with E-state index in [4.69, 9.17) is 12.2 Å². The highest BCUT2D eigenvalue weighted by Crippen LogP contribution is 2.34. The van der Waals surface area contributed by atoms with Gasteiger partial charge in [-0.1, -0.05) is 6.92 Å². The number of aryl methyl sites for hydroxylation is 1. The molecule has 1 aromatic heterocycles. The number of nitrogens with zero attached hydrogens (tertiary/aromatic N) is 1. The van der Waals surface area contributed by atoms with E-state index in [2.05, 4.69) is 28.9 Å². The molecule has 2 rings (SSSR count). The van der Waals surface area contributed by atoms with Gasteiger partial charge in [0, 0.05) is 23.2 Å². The summed E-state index contributed by atoms with van der Waals surface area (Å²) in [6.07, 6.45) is 10.6. The maximum Gasteiger partial charge on any atom is 0.177 e. The molecule has 1 saturated carbocycles. The first-order valence-corrected chi connectivity index (χ1v) is 7.77. The van der Waals surface area contributed by atoms with Crippen LogP contribution in [0, 0.1) is 4.77 Å². The molecule has 0 atom stereocenters. The number of thioether (sulfide) groups is 1. The van der Waals surface area contributed by atoms with Gasteiger partial charge in [0.2, 0.25) is 0 Å². The Morgan fingerprint density at radius 2 is 2.12 bits per heavy atom. The van der Waals surface area contributed by atoms with Gasteiger partial charge in [-0.05, 0) is 50.6 Å². The van der Waals surface area contributed by atoms with Crippen molar-refractivity contribution in [3.63, 3.8) is 0 Å². The number of imidazole rings is 1. The first-order valence-electron chi connectivity index (χ1n) is 6.07. The Hall–Kier alpha value is -0.220. The third-order valence-corrected chi connectivity index (χ3v) is 5.05. The highest BCUT2D eigenvalue weighted by atomic mass is 32.2. The fourth-order valence-electron chi connectivity index (χ4n) is 2.63. The molecule has 0 bridgehead atoms. The summed E-state index contributed by atoms with van der Waals surface area (Å²) in [6.45, 7) is 2.20. The van der Waals surface area contributed by atoms with Gasteiger partial charge in [0.1, 0.15) is 0 Å². The number of hydrogen-bond donors (Lipinski definition) is 1. The lowest BCUT2D eigenvalue weighted by Crippen LogP contribution is -2.20. The predicted octanol–water partition coefficient (Wildman–Crippen LogP) is 3.95. The van der Waals surface area contributed by atoms with Crippen LogP contribution in [0.2, 0.25) is 0 Å². The summed E-state index contributed by atoms with van der Waals surface area (Å²) in [5.41, 5.74) is 1.36. The van der Waals surface area contributed by atoms with Crippen LogP contribution in [0.3, 0.4) is 0 Å². The Bertz CT molecular complexity index is 386. The largest absolute Gasteiger partial charge is 0.337 e. The van der Waals surface area contributed by atoms with Crippen molar-refractivity contribution in [2.45, 2.75) is 50.3 Å². The molecule has 4 heteroatoms. The number of nitrogens with one attached hydrogen (secondary N) is 1. The molecule has 0 radical (unpaired) electrons. The molecule has 90 valence electrons. The Balaban J connectivity index is 2.13. The number of rotatable bonds is 3. The van der Waals surface area contributed by atoms with Gasteiger partial charge in [0.25, 0.3) is 0 Å². The highest BCUT2D eigenvalue weighted by Gasteiger charge is 2.23. The van der Waals surface area contributed by atoms with Gasteiger partial charge in [-0.25, -0.2) is 0 Å². The molecule has 1 fully saturated rings. The van der Waals surface area contributed by atoms with Crippen molar-refractivity contribution in [1.29, 1.82) is 0 Å². The molecular weight excluding hydrogens is 236 g/mol. The average Bonchev–Trinajstić information content (AvgIpc) is 2.70. The molecule has 1 N–H and O–H groups in total. The smallest absolute Gasteiger partial charge is 0.177 e. The predicted molar refractivity (Wildman–Crippen MR) is 73.8 cm³/mol. The Kier molecular flexibility index (Phi) is 4.14. The van der Waals surface area contributed by atoms with Crippen LogP contribution in [-0.2, 0) is 6.42 Å². The van der Waals surface area contributed by atoms with Crippen LogP contribution in [0.4, 0.5) is 0 Å². The Morgan fingerprint density at radius 1 is 1.44 bits per heavy atom. The standard InChI is InChI=1S/C12H20N2S2/c1-3-9-8-13-12(15)14(9)10-4-6-11(16-2)7-5-10/h8,10-11H,3-7H2,1-2H3,(H,13,15). The summed E-state index contributed by atoms with van der Waals surface area (Å²) < 4.78 is 3.26. The van der Waals surface area contributed by atoms with Crippen LogP contribution in [0.25, 0.3) is 0 Å². The van der Waals surface area contributed by atoms with E-state index < -0.39 is 0 Å². The lowest BCUT2D eigenvalue weighted by molar-refractivity contribution is 0.351. The van der Waals surface area contributed by atoms with E-state index in [1.165, 1.54) is 31.4 Å². The zero-order valence-corrected chi connectivity index (χ0v) is 11.7. The van der Waals surface area contributed by atoms with E-state index >= 15 is 0 Å². The van der Waals surface area contributed by atoms with Crippen molar-refractivity contribution in [1.82, 2.24) is 9.55 Å². The van der Waals surface area contributed by atoms with Gasteiger partial charge in [0.05, 0.1) is 0 Å².